The normalized spacial score (nSPS) is 17.2. The predicted molar refractivity (Wildman–Crippen MR) is 77.2 cm³/mol. The fourth-order valence-corrected chi connectivity index (χ4v) is 2.57. The maximum absolute atomic E-state index is 12.2. The minimum Gasteiger partial charge on any atom is -0.453 e. The van der Waals surface area contributed by atoms with Crippen LogP contribution in [0.25, 0.3) is 0 Å². The molecule has 6 heteroatoms. The Morgan fingerprint density at radius 1 is 1.15 bits per heavy atom. The van der Waals surface area contributed by atoms with Crippen LogP contribution in [-0.2, 0) is 9.53 Å². The van der Waals surface area contributed by atoms with Gasteiger partial charge in [0.05, 0.1) is 7.11 Å². The smallest absolute Gasteiger partial charge is 0.409 e. The molecule has 0 radical (unpaired) electrons. The Bertz CT molecular complexity index is 326. The van der Waals surface area contributed by atoms with E-state index in [0.717, 1.165) is 6.42 Å². The third-order valence-corrected chi connectivity index (χ3v) is 3.67. The van der Waals surface area contributed by atoms with E-state index >= 15 is 0 Å². The SMILES string of the molecule is COC(=O)N1CCN(C(=O)C[C@@H](CN)CC(C)C)CC1. The molecule has 0 bridgehead atoms. The van der Waals surface area contributed by atoms with Crippen molar-refractivity contribution in [2.24, 2.45) is 17.6 Å². The van der Waals surface area contributed by atoms with Crippen molar-refractivity contribution >= 4 is 12.0 Å². The van der Waals surface area contributed by atoms with Gasteiger partial charge in [-0.15, -0.1) is 0 Å². The molecule has 0 aromatic rings. The van der Waals surface area contributed by atoms with E-state index in [4.69, 9.17) is 5.73 Å². The Balaban J connectivity index is 2.40. The van der Waals surface area contributed by atoms with Gasteiger partial charge in [0.2, 0.25) is 5.91 Å². The quantitative estimate of drug-likeness (QED) is 0.814. The van der Waals surface area contributed by atoms with E-state index in [9.17, 15) is 9.59 Å². The molecule has 20 heavy (non-hydrogen) atoms. The van der Waals surface area contributed by atoms with Gasteiger partial charge in [0.1, 0.15) is 0 Å². The number of nitrogens with zero attached hydrogens (tertiary/aromatic N) is 2. The molecule has 1 aliphatic heterocycles. The van der Waals surface area contributed by atoms with Gasteiger partial charge in [-0.1, -0.05) is 13.8 Å². The minimum atomic E-state index is -0.322. The van der Waals surface area contributed by atoms with Crippen LogP contribution >= 0.6 is 0 Å². The zero-order valence-electron chi connectivity index (χ0n) is 12.8. The molecule has 1 aliphatic rings. The number of ether oxygens (including phenoxy) is 1. The van der Waals surface area contributed by atoms with Gasteiger partial charge in [-0.25, -0.2) is 4.79 Å². The molecule has 0 unspecified atom stereocenters. The highest BCUT2D eigenvalue weighted by Gasteiger charge is 2.25. The van der Waals surface area contributed by atoms with E-state index in [0.29, 0.717) is 45.1 Å². The second-order valence-electron chi connectivity index (χ2n) is 5.77. The number of methoxy groups -OCH3 is 1. The van der Waals surface area contributed by atoms with Crippen LogP contribution < -0.4 is 5.73 Å². The molecule has 1 saturated heterocycles. The third-order valence-electron chi connectivity index (χ3n) is 3.67. The summed E-state index contributed by atoms with van der Waals surface area (Å²) in [4.78, 5) is 27.0. The predicted octanol–water partition coefficient (Wildman–Crippen LogP) is 0.908. The van der Waals surface area contributed by atoms with Gasteiger partial charge in [-0.05, 0) is 24.8 Å². The molecular formula is C14H27N3O3. The zero-order valence-corrected chi connectivity index (χ0v) is 12.8. The largest absolute Gasteiger partial charge is 0.453 e. The molecule has 0 spiro atoms. The van der Waals surface area contributed by atoms with Crippen molar-refractivity contribution in [1.82, 2.24) is 9.80 Å². The van der Waals surface area contributed by atoms with E-state index in [1.807, 2.05) is 4.90 Å². The first kappa shape index (κ1) is 16.8. The first-order chi connectivity index (χ1) is 9.47. The zero-order chi connectivity index (χ0) is 15.1. The first-order valence-corrected chi connectivity index (χ1v) is 7.28. The average molecular weight is 285 g/mol. The first-order valence-electron chi connectivity index (χ1n) is 7.28. The summed E-state index contributed by atoms with van der Waals surface area (Å²) in [6.45, 7) is 7.06. The van der Waals surface area contributed by atoms with Crippen LogP contribution in [0.15, 0.2) is 0 Å². The van der Waals surface area contributed by atoms with Crippen molar-refractivity contribution in [1.29, 1.82) is 0 Å². The van der Waals surface area contributed by atoms with Crippen LogP contribution in [0.2, 0.25) is 0 Å². The molecule has 2 amide bonds. The fraction of sp³-hybridized carbons (Fsp3) is 0.857. The van der Waals surface area contributed by atoms with Crippen LogP contribution in [-0.4, -0.2) is 61.6 Å². The Morgan fingerprint density at radius 2 is 1.70 bits per heavy atom. The standard InChI is InChI=1S/C14H27N3O3/c1-11(2)8-12(10-15)9-13(18)16-4-6-17(7-5-16)14(19)20-3/h11-12H,4-10,15H2,1-3H3/t12-/m0/s1. The van der Waals surface area contributed by atoms with E-state index in [1.54, 1.807) is 4.90 Å². The second-order valence-corrected chi connectivity index (χ2v) is 5.77. The Hall–Kier alpha value is -1.30. The minimum absolute atomic E-state index is 0.144. The highest BCUT2D eigenvalue weighted by atomic mass is 16.5. The van der Waals surface area contributed by atoms with Gasteiger partial charge in [0.25, 0.3) is 0 Å². The number of nitrogens with two attached hydrogens (primary N) is 1. The number of hydrogen-bond donors (Lipinski definition) is 1. The lowest BCUT2D eigenvalue weighted by molar-refractivity contribution is -0.133. The summed E-state index contributed by atoms with van der Waals surface area (Å²) < 4.78 is 4.68. The number of rotatable bonds is 5. The summed E-state index contributed by atoms with van der Waals surface area (Å²) in [6, 6.07) is 0. The molecule has 1 atom stereocenters. The Labute approximate surface area is 121 Å². The molecule has 0 aromatic carbocycles. The monoisotopic (exact) mass is 285 g/mol. The highest BCUT2D eigenvalue weighted by molar-refractivity contribution is 5.77. The summed E-state index contributed by atoms with van der Waals surface area (Å²) in [5, 5.41) is 0. The Morgan fingerprint density at radius 3 is 2.15 bits per heavy atom. The van der Waals surface area contributed by atoms with Crippen molar-refractivity contribution in [3.63, 3.8) is 0 Å². The summed E-state index contributed by atoms with van der Waals surface area (Å²) in [7, 11) is 1.37. The molecule has 6 nitrogen and oxygen atoms in total. The van der Waals surface area contributed by atoms with E-state index in [1.165, 1.54) is 7.11 Å². The van der Waals surface area contributed by atoms with Crippen molar-refractivity contribution in [3.8, 4) is 0 Å². The molecule has 1 heterocycles. The molecule has 0 aliphatic carbocycles. The van der Waals surface area contributed by atoms with Gasteiger partial charge < -0.3 is 20.3 Å². The van der Waals surface area contributed by atoms with Gasteiger partial charge in [0.15, 0.2) is 0 Å². The molecule has 0 saturated carbocycles. The summed E-state index contributed by atoms with van der Waals surface area (Å²) >= 11 is 0. The van der Waals surface area contributed by atoms with Crippen LogP contribution in [0.1, 0.15) is 26.7 Å². The van der Waals surface area contributed by atoms with Crippen molar-refractivity contribution in [2.75, 3.05) is 39.8 Å². The second kappa shape index (κ2) is 8.09. The van der Waals surface area contributed by atoms with Crippen molar-refractivity contribution in [3.05, 3.63) is 0 Å². The summed E-state index contributed by atoms with van der Waals surface area (Å²) in [6.07, 6.45) is 1.16. The van der Waals surface area contributed by atoms with E-state index in [-0.39, 0.29) is 17.9 Å². The van der Waals surface area contributed by atoms with Gasteiger partial charge in [-0.2, -0.15) is 0 Å². The third kappa shape index (κ3) is 5.00. The van der Waals surface area contributed by atoms with Crippen LogP contribution in [0.5, 0.6) is 0 Å². The van der Waals surface area contributed by atoms with Crippen molar-refractivity contribution in [2.45, 2.75) is 26.7 Å². The van der Waals surface area contributed by atoms with E-state index < -0.39 is 0 Å². The molecular weight excluding hydrogens is 258 g/mol. The Kier molecular flexibility index (Phi) is 6.78. The molecule has 0 aromatic heterocycles. The molecule has 1 rings (SSSR count). The molecule has 2 N–H and O–H groups in total. The fourth-order valence-electron chi connectivity index (χ4n) is 2.57. The lowest BCUT2D eigenvalue weighted by atomic mass is 9.93. The topological polar surface area (TPSA) is 75.9 Å². The number of carbonyl (C=O) groups is 2. The highest BCUT2D eigenvalue weighted by Crippen LogP contribution is 2.16. The van der Waals surface area contributed by atoms with Gasteiger partial charge >= 0.3 is 6.09 Å². The van der Waals surface area contributed by atoms with Crippen LogP contribution in [0.4, 0.5) is 4.79 Å². The maximum atomic E-state index is 12.2. The number of amides is 2. The summed E-state index contributed by atoms with van der Waals surface area (Å²) in [5.41, 5.74) is 5.74. The van der Waals surface area contributed by atoms with E-state index in [2.05, 4.69) is 18.6 Å². The molecule has 116 valence electrons. The number of carbonyl (C=O) groups excluding carboxylic acids is 2. The summed E-state index contributed by atoms with van der Waals surface area (Å²) in [5.74, 6) is 0.944. The number of piperazine rings is 1. The van der Waals surface area contributed by atoms with Gasteiger partial charge in [-0.3, -0.25) is 4.79 Å². The average Bonchev–Trinajstić information content (AvgIpc) is 2.45. The lowest BCUT2D eigenvalue weighted by Crippen LogP contribution is -2.51. The van der Waals surface area contributed by atoms with Crippen LogP contribution in [0.3, 0.4) is 0 Å². The van der Waals surface area contributed by atoms with Crippen LogP contribution in [0, 0.1) is 11.8 Å². The number of hydrogen-bond acceptors (Lipinski definition) is 4. The lowest BCUT2D eigenvalue weighted by Gasteiger charge is -2.34. The molecule has 1 fully saturated rings. The van der Waals surface area contributed by atoms with Gasteiger partial charge in [0, 0.05) is 32.6 Å². The van der Waals surface area contributed by atoms with Crippen molar-refractivity contribution < 1.29 is 14.3 Å². The maximum Gasteiger partial charge on any atom is 0.409 e.